The molecule has 1 saturated heterocycles. The van der Waals surface area contributed by atoms with E-state index in [1.807, 2.05) is 0 Å². The first-order valence-corrected chi connectivity index (χ1v) is 6.91. The van der Waals surface area contributed by atoms with E-state index in [9.17, 15) is 0 Å². The van der Waals surface area contributed by atoms with Gasteiger partial charge in [-0.2, -0.15) is 20.1 Å². The number of hydrogen-bond donors (Lipinski definition) is 0. The van der Waals surface area contributed by atoms with E-state index in [0.717, 1.165) is 13.0 Å². The van der Waals surface area contributed by atoms with Crippen LogP contribution in [0.1, 0.15) is 13.3 Å². The zero-order valence-electron chi connectivity index (χ0n) is 11.1. The van der Waals surface area contributed by atoms with Gasteiger partial charge in [0.2, 0.25) is 11.2 Å². The number of morpholine rings is 1. The van der Waals surface area contributed by atoms with Gasteiger partial charge in [-0.15, -0.1) is 0 Å². The highest BCUT2D eigenvalue weighted by atomic mass is 35.5. The molecule has 2 aromatic heterocycles. The lowest BCUT2D eigenvalue weighted by atomic mass is 10.2. The van der Waals surface area contributed by atoms with E-state index in [4.69, 9.17) is 16.3 Å². The lowest BCUT2D eigenvalue weighted by molar-refractivity contribution is 0.0920. The molecule has 1 aliphatic heterocycles. The second-order valence-electron chi connectivity index (χ2n) is 4.49. The lowest BCUT2D eigenvalue weighted by Gasteiger charge is -2.35. The summed E-state index contributed by atoms with van der Waals surface area (Å²) in [7, 11) is 0. The maximum Gasteiger partial charge on any atom is 0.256 e. The Morgan fingerprint density at radius 2 is 2.20 bits per heavy atom. The van der Waals surface area contributed by atoms with Gasteiger partial charge in [0.15, 0.2) is 0 Å². The summed E-state index contributed by atoms with van der Waals surface area (Å²) in [6.07, 6.45) is 4.40. The van der Waals surface area contributed by atoms with E-state index >= 15 is 0 Å². The second kappa shape index (κ2) is 5.72. The average molecular weight is 295 g/mol. The Hall–Kier alpha value is -1.73. The quantitative estimate of drug-likeness (QED) is 0.850. The molecule has 2 aromatic rings. The maximum atomic E-state index is 6.02. The van der Waals surface area contributed by atoms with Crippen molar-refractivity contribution in [1.29, 1.82) is 0 Å². The molecular weight excluding hydrogens is 280 g/mol. The Kier molecular flexibility index (Phi) is 3.79. The highest BCUT2D eigenvalue weighted by molar-refractivity contribution is 6.28. The first-order valence-electron chi connectivity index (χ1n) is 6.54. The molecule has 0 saturated carbocycles. The third-order valence-corrected chi connectivity index (χ3v) is 3.42. The monoisotopic (exact) mass is 294 g/mol. The molecule has 0 aromatic carbocycles. The zero-order valence-corrected chi connectivity index (χ0v) is 11.9. The van der Waals surface area contributed by atoms with Gasteiger partial charge in [0, 0.05) is 18.9 Å². The van der Waals surface area contributed by atoms with Crippen LogP contribution in [0.15, 0.2) is 18.5 Å². The fourth-order valence-corrected chi connectivity index (χ4v) is 2.36. The molecule has 1 unspecified atom stereocenters. The first kappa shape index (κ1) is 13.3. The van der Waals surface area contributed by atoms with Crippen LogP contribution in [0.2, 0.25) is 5.28 Å². The minimum Gasteiger partial charge on any atom is -0.377 e. The molecule has 20 heavy (non-hydrogen) atoms. The topological polar surface area (TPSA) is 69.0 Å². The van der Waals surface area contributed by atoms with Crippen LogP contribution in [0.4, 0.5) is 5.95 Å². The van der Waals surface area contributed by atoms with Gasteiger partial charge in [-0.05, 0) is 24.1 Å². The molecule has 1 fully saturated rings. The fraction of sp³-hybridized carbons (Fsp3) is 0.500. The normalized spacial score (nSPS) is 19.3. The number of aromatic nitrogens is 5. The summed E-state index contributed by atoms with van der Waals surface area (Å²) in [4.78, 5) is 14.9. The Morgan fingerprint density at radius 1 is 1.35 bits per heavy atom. The van der Waals surface area contributed by atoms with Crippen molar-refractivity contribution in [3.8, 4) is 5.95 Å². The predicted molar refractivity (Wildman–Crippen MR) is 74.2 cm³/mol. The molecule has 3 heterocycles. The van der Waals surface area contributed by atoms with E-state index in [1.54, 1.807) is 23.1 Å². The average Bonchev–Trinajstić information content (AvgIpc) is 3.01. The Morgan fingerprint density at radius 3 is 2.95 bits per heavy atom. The van der Waals surface area contributed by atoms with Gasteiger partial charge in [-0.1, -0.05) is 6.92 Å². The van der Waals surface area contributed by atoms with Gasteiger partial charge in [0.1, 0.15) is 0 Å². The molecule has 0 aliphatic carbocycles. The van der Waals surface area contributed by atoms with Crippen LogP contribution < -0.4 is 4.90 Å². The van der Waals surface area contributed by atoms with Crippen molar-refractivity contribution in [2.24, 2.45) is 0 Å². The number of rotatable bonds is 3. The van der Waals surface area contributed by atoms with E-state index < -0.39 is 0 Å². The Labute approximate surface area is 121 Å². The van der Waals surface area contributed by atoms with Gasteiger partial charge in [-0.25, -0.2) is 4.68 Å². The molecule has 3 rings (SSSR count). The summed E-state index contributed by atoms with van der Waals surface area (Å²) in [5.41, 5.74) is 0. The molecule has 106 valence electrons. The third-order valence-electron chi connectivity index (χ3n) is 3.25. The van der Waals surface area contributed by atoms with Crippen LogP contribution in [-0.4, -0.2) is 50.5 Å². The number of anilines is 1. The third kappa shape index (κ3) is 2.59. The molecular formula is C12H15ClN6O. The smallest absolute Gasteiger partial charge is 0.256 e. The number of hydrogen-bond acceptors (Lipinski definition) is 6. The summed E-state index contributed by atoms with van der Waals surface area (Å²) < 4.78 is 7.06. The Bertz CT molecular complexity index is 575. The van der Waals surface area contributed by atoms with Gasteiger partial charge < -0.3 is 9.64 Å². The van der Waals surface area contributed by atoms with Gasteiger partial charge in [0.25, 0.3) is 5.95 Å². The molecule has 0 radical (unpaired) electrons. The van der Waals surface area contributed by atoms with Gasteiger partial charge in [0.05, 0.1) is 19.3 Å². The van der Waals surface area contributed by atoms with Crippen molar-refractivity contribution < 1.29 is 4.74 Å². The summed E-state index contributed by atoms with van der Waals surface area (Å²) in [6.45, 7) is 4.20. The van der Waals surface area contributed by atoms with Crippen LogP contribution in [0.25, 0.3) is 5.95 Å². The van der Waals surface area contributed by atoms with E-state index in [1.165, 1.54) is 0 Å². The lowest BCUT2D eigenvalue weighted by Crippen LogP contribution is -2.46. The highest BCUT2D eigenvalue weighted by Crippen LogP contribution is 2.19. The Balaban J connectivity index is 1.96. The van der Waals surface area contributed by atoms with Crippen molar-refractivity contribution in [2.45, 2.75) is 19.4 Å². The number of halogens is 1. The number of ether oxygens (including phenoxy) is 1. The summed E-state index contributed by atoms with van der Waals surface area (Å²) in [5, 5.41) is 4.28. The molecule has 0 spiro atoms. The van der Waals surface area contributed by atoms with E-state index in [0.29, 0.717) is 25.1 Å². The zero-order chi connectivity index (χ0) is 13.9. The summed E-state index contributed by atoms with van der Waals surface area (Å²) >= 11 is 6.02. The van der Waals surface area contributed by atoms with Crippen molar-refractivity contribution in [2.75, 3.05) is 24.7 Å². The van der Waals surface area contributed by atoms with E-state index in [-0.39, 0.29) is 11.3 Å². The van der Waals surface area contributed by atoms with Crippen LogP contribution in [0.3, 0.4) is 0 Å². The molecule has 1 aliphatic rings. The standard InChI is InChI=1S/C12H15ClN6O/c1-2-9-8-20-7-6-18(9)11-15-10(13)16-12(17-11)19-5-3-4-14-19/h3-5,9H,2,6-8H2,1H3. The van der Waals surface area contributed by atoms with Crippen LogP contribution in [-0.2, 0) is 4.74 Å². The maximum absolute atomic E-state index is 6.02. The largest absolute Gasteiger partial charge is 0.377 e. The van der Waals surface area contributed by atoms with Crippen LogP contribution in [0, 0.1) is 0 Å². The van der Waals surface area contributed by atoms with Gasteiger partial charge >= 0.3 is 0 Å². The van der Waals surface area contributed by atoms with Crippen LogP contribution >= 0.6 is 11.6 Å². The van der Waals surface area contributed by atoms with E-state index in [2.05, 4.69) is 31.9 Å². The molecule has 7 nitrogen and oxygen atoms in total. The highest BCUT2D eigenvalue weighted by Gasteiger charge is 2.25. The molecule has 8 heteroatoms. The van der Waals surface area contributed by atoms with Crippen molar-refractivity contribution in [3.63, 3.8) is 0 Å². The first-order chi connectivity index (χ1) is 9.78. The minimum atomic E-state index is 0.168. The predicted octanol–water partition coefficient (Wildman–Crippen LogP) is 1.33. The SMILES string of the molecule is CCC1COCCN1c1nc(Cl)nc(-n2cccn2)n1. The summed E-state index contributed by atoms with van der Waals surface area (Å²) in [5.74, 6) is 0.997. The van der Waals surface area contributed by atoms with Crippen LogP contribution in [0.5, 0.6) is 0 Å². The molecule has 0 amide bonds. The second-order valence-corrected chi connectivity index (χ2v) is 4.82. The molecule has 0 bridgehead atoms. The van der Waals surface area contributed by atoms with Gasteiger partial charge in [-0.3, -0.25) is 0 Å². The fourth-order valence-electron chi connectivity index (χ4n) is 2.20. The number of nitrogens with zero attached hydrogens (tertiary/aromatic N) is 6. The molecule has 1 atom stereocenters. The molecule has 0 N–H and O–H groups in total. The van der Waals surface area contributed by atoms with Crippen molar-refractivity contribution in [1.82, 2.24) is 24.7 Å². The van der Waals surface area contributed by atoms with Crippen molar-refractivity contribution in [3.05, 3.63) is 23.7 Å². The minimum absolute atomic E-state index is 0.168. The summed E-state index contributed by atoms with van der Waals surface area (Å²) in [6, 6.07) is 2.06. The van der Waals surface area contributed by atoms with Crippen molar-refractivity contribution >= 4 is 17.5 Å².